The van der Waals surface area contributed by atoms with E-state index in [-0.39, 0.29) is 11.9 Å². The first-order valence-electron chi connectivity index (χ1n) is 13.6. The summed E-state index contributed by atoms with van der Waals surface area (Å²) in [6, 6.07) is 3.69. The zero-order chi connectivity index (χ0) is 28.4. The Bertz CT molecular complexity index is 1720. The van der Waals surface area contributed by atoms with Crippen LogP contribution in [0.5, 0.6) is 0 Å². The molecule has 4 aromatic heterocycles. The zero-order valence-corrected chi connectivity index (χ0v) is 23.5. The highest BCUT2D eigenvalue weighted by Gasteiger charge is 2.37. The summed E-state index contributed by atoms with van der Waals surface area (Å²) in [5.74, 6) is 8.20. The number of aliphatic hydroxyl groups is 1. The second-order valence-electron chi connectivity index (χ2n) is 10.4. The molecule has 0 amide bonds. The fourth-order valence-corrected chi connectivity index (χ4v) is 6.34. The lowest BCUT2D eigenvalue weighted by molar-refractivity contribution is 0.215. The van der Waals surface area contributed by atoms with Gasteiger partial charge >= 0.3 is 0 Å². The van der Waals surface area contributed by atoms with Gasteiger partial charge in [0.25, 0.3) is 10.0 Å². The molecule has 2 fully saturated rings. The number of rotatable bonds is 7. The third-order valence-corrected chi connectivity index (χ3v) is 9.35. The number of aryl methyl sites for hydroxylation is 1. The molecule has 1 saturated heterocycles. The van der Waals surface area contributed by atoms with E-state index in [1.165, 1.54) is 12.4 Å². The minimum Gasteiger partial charge on any atom is -0.396 e. The van der Waals surface area contributed by atoms with E-state index < -0.39 is 10.0 Å². The number of hydrogen-bond donors (Lipinski definition) is 2. The quantitative estimate of drug-likeness (QED) is 0.317. The second-order valence-corrected chi connectivity index (χ2v) is 12.5. The fraction of sp³-hybridized carbons (Fsp3) is 0.393. The predicted octanol–water partition coefficient (Wildman–Crippen LogP) is 2.55. The van der Waals surface area contributed by atoms with Crippen LogP contribution < -0.4 is 10.2 Å². The van der Waals surface area contributed by atoms with Crippen molar-refractivity contribution in [2.45, 2.75) is 37.4 Å². The maximum atomic E-state index is 12.5. The van der Waals surface area contributed by atoms with Crippen LogP contribution in [0.25, 0.3) is 11.4 Å². The molecule has 1 atom stereocenters. The molecule has 0 bridgehead atoms. The zero-order valence-electron chi connectivity index (χ0n) is 22.7. The highest BCUT2D eigenvalue weighted by molar-refractivity contribution is 7.90. The molecule has 2 N–H and O–H groups in total. The molecule has 1 aliphatic carbocycles. The number of nitrogens with zero attached hydrogens (tertiary/aromatic N) is 8. The number of aromatic nitrogens is 7. The standard InChI is InChI=1S/C28H31N9O3S/c1-35-17-21(14-31-35)4-5-22-15-30-27(13-25(22)36-11-2-3-20(19-38)9-12-36)33-26-8-10-29-28(34-26)23-16-32-37(18-23)41(39,40)24-6-7-24/h8,10,13-18,20,24,38H,2-3,6-7,9,11-12,19H2,1H3,(H,29,30,33,34). The molecule has 1 aliphatic heterocycles. The molecule has 1 unspecified atom stereocenters. The van der Waals surface area contributed by atoms with Gasteiger partial charge in [0.05, 0.1) is 46.2 Å². The number of aliphatic hydroxyl groups excluding tert-OH is 1. The van der Waals surface area contributed by atoms with Gasteiger partial charge in [-0.1, -0.05) is 11.8 Å². The minimum absolute atomic E-state index is 0.201. The largest absolute Gasteiger partial charge is 0.396 e. The van der Waals surface area contributed by atoms with E-state index in [2.05, 4.69) is 47.2 Å². The number of nitrogens with one attached hydrogen (secondary N) is 1. The lowest BCUT2D eigenvalue weighted by Crippen LogP contribution is -2.25. The van der Waals surface area contributed by atoms with Gasteiger partial charge in [-0.15, -0.1) is 0 Å². The first-order valence-corrected chi connectivity index (χ1v) is 15.2. The van der Waals surface area contributed by atoms with Gasteiger partial charge in [0, 0.05) is 51.4 Å². The van der Waals surface area contributed by atoms with Crippen LogP contribution in [0.2, 0.25) is 0 Å². The number of pyridine rings is 1. The van der Waals surface area contributed by atoms with Crippen LogP contribution in [0, 0.1) is 17.8 Å². The predicted molar refractivity (Wildman–Crippen MR) is 154 cm³/mol. The molecule has 2 aliphatic rings. The molecular weight excluding hydrogens is 542 g/mol. The van der Waals surface area contributed by atoms with Gasteiger partial charge in [0.15, 0.2) is 5.82 Å². The van der Waals surface area contributed by atoms with E-state index in [0.29, 0.717) is 41.8 Å². The summed E-state index contributed by atoms with van der Waals surface area (Å²) >= 11 is 0. The van der Waals surface area contributed by atoms with Gasteiger partial charge in [0.2, 0.25) is 0 Å². The van der Waals surface area contributed by atoms with Crippen molar-refractivity contribution >= 4 is 27.3 Å². The van der Waals surface area contributed by atoms with E-state index in [1.54, 1.807) is 29.3 Å². The Morgan fingerprint density at radius 2 is 1.90 bits per heavy atom. The average Bonchev–Trinajstić information content (AvgIpc) is 3.65. The van der Waals surface area contributed by atoms with E-state index in [4.69, 9.17) is 0 Å². The van der Waals surface area contributed by atoms with Crippen molar-refractivity contribution in [1.29, 1.82) is 0 Å². The van der Waals surface area contributed by atoms with Crippen LogP contribution in [0.4, 0.5) is 17.3 Å². The third-order valence-electron chi connectivity index (χ3n) is 7.31. The summed E-state index contributed by atoms with van der Waals surface area (Å²) < 4.78 is 27.8. The summed E-state index contributed by atoms with van der Waals surface area (Å²) in [4.78, 5) is 15.8. The van der Waals surface area contributed by atoms with Gasteiger partial charge in [-0.3, -0.25) is 4.68 Å². The van der Waals surface area contributed by atoms with Crippen molar-refractivity contribution in [2.24, 2.45) is 13.0 Å². The van der Waals surface area contributed by atoms with Crippen LogP contribution in [0.1, 0.15) is 43.2 Å². The molecule has 13 heteroatoms. The molecule has 5 heterocycles. The molecule has 0 radical (unpaired) electrons. The number of hydrogen-bond acceptors (Lipinski definition) is 10. The van der Waals surface area contributed by atoms with Gasteiger partial charge in [-0.25, -0.2) is 23.4 Å². The van der Waals surface area contributed by atoms with Crippen molar-refractivity contribution in [3.8, 4) is 23.2 Å². The monoisotopic (exact) mass is 573 g/mol. The van der Waals surface area contributed by atoms with Crippen molar-refractivity contribution in [3.63, 3.8) is 0 Å². The lowest BCUT2D eigenvalue weighted by atomic mass is 10.0. The minimum atomic E-state index is -3.47. The Balaban J connectivity index is 1.27. The van der Waals surface area contributed by atoms with Crippen LogP contribution >= 0.6 is 0 Å². The molecule has 6 rings (SSSR count). The van der Waals surface area contributed by atoms with Gasteiger partial charge in [0.1, 0.15) is 11.6 Å². The average molecular weight is 574 g/mol. The molecular formula is C28H31N9O3S. The van der Waals surface area contributed by atoms with Crippen molar-refractivity contribution in [3.05, 3.63) is 60.4 Å². The molecule has 4 aromatic rings. The first-order chi connectivity index (χ1) is 19.9. The third kappa shape index (κ3) is 6.08. The summed E-state index contributed by atoms with van der Waals surface area (Å²) in [5, 5.41) is 20.8. The fourth-order valence-electron chi connectivity index (χ4n) is 4.86. The van der Waals surface area contributed by atoms with Crippen molar-refractivity contribution in [2.75, 3.05) is 29.9 Å². The smallest absolute Gasteiger partial charge is 0.256 e. The van der Waals surface area contributed by atoms with E-state index >= 15 is 0 Å². The van der Waals surface area contributed by atoms with Gasteiger partial charge < -0.3 is 15.3 Å². The van der Waals surface area contributed by atoms with Crippen molar-refractivity contribution < 1.29 is 13.5 Å². The molecule has 212 valence electrons. The highest BCUT2D eigenvalue weighted by atomic mass is 32.2. The summed E-state index contributed by atoms with van der Waals surface area (Å²) in [6.07, 6.45) is 14.1. The molecule has 12 nitrogen and oxygen atoms in total. The maximum Gasteiger partial charge on any atom is 0.256 e. The lowest BCUT2D eigenvalue weighted by Gasteiger charge is -2.24. The Labute approximate surface area is 238 Å². The van der Waals surface area contributed by atoms with Gasteiger partial charge in [-0.2, -0.15) is 14.3 Å². The molecule has 0 spiro atoms. The van der Waals surface area contributed by atoms with Gasteiger partial charge in [-0.05, 0) is 44.1 Å². The molecule has 41 heavy (non-hydrogen) atoms. The Kier molecular flexibility index (Phi) is 7.42. The topological polar surface area (TPSA) is 144 Å². The molecule has 0 aromatic carbocycles. The normalized spacial score (nSPS) is 17.5. The van der Waals surface area contributed by atoms with Crippen LogP contribution in [0.3, 0.4) is 0 Å². The Hall–Kier alpha value is -4.28. The maximum absolute atomic E-state index is 12.5. The van der Waals surface area contributed by atoms with E-state index in [9.17, 15) is 13.5 Å². The summed E-state index contributed by atoms with van der Waals surface area (Å²) in [5.41, 5.74) is 3.09. The second kappa shape index (κ2) is 11.3. The summed E-state index contributed by atoms with van der Waals surface area (Å²) in [7, 11) is -1.62. The highest BCUT2D eigenvalue weighted by Crippen LogP contribution is 2.31. The Morgan fingerprint density at radius 3 is 2.68 bits per heavy atom. The Morgan fingerprint density at radius 1 is 1.02 bits per heavy atom. The van der Waals surface area contributed by atoms with E-state index in [0.717, 1.165) is 53.3 Å². The van der Waals surface area contributed by atoms with E-state index in [1.807, 2.05) is 19.3 Å². The van der Waals surface area contributed by atoms with Crippen LogP contribution in [-0.2, 0) is 17.1 Å². The van der Waals surface area contributed by atoms with Crippen LogP contribution in [-0.4, -0.2) is 72.4 Å². The summed E-state index contributed by atoms with van der Waals surface area (Å²) in [6.45, 7) is 1.86. The molecule has 1 saturated carbocycles. The van der Waals surface area contributed by atoms with Crippen molar-refractivity contribution in [1.82, 2.24) is 33.9 Å². The SMILES string of the molecule is Cn1cc(C#Cc2cnc(Nc3ccnc(-c4cnn(S(=O)(=O)C5CC5)c4)n3)cc2N2CCCC(CO)CC2)cn1. The van der Waals surface area contributed by atoms with Crippen LogP contribution in [0.15, 0.2) is 49.3 Å². The number of anilines is 3. The first kappa shape index (κ1) is 26.9.